The fourth-order valence-corrected chi connectivity index (χ4v) is 3.94. The molecule has 3 aromatic rings. The van der Waals surface area contributed by atoms with Gasteiger partial charge < -0.3 is 11.1 Å². The first-order chi connectivity index (χ1) is 15.1. The van der Waals surface area contributed by atoms with Gasteiger partial charge in [-0.2, -0.15) is 0 Å². The van der Waals surface area contributed by atoms with Gasteiger partial charge in [0.05, 0.1) is 11.4 Å². The molecule has 9 heteroatoms. The highest BCUT2D eigenvalue weighted by atomic mass is 32.2. The zero-order valence-corrected chi connectivity index (χ0v) is 19.6. The van der Waals surface area contributed by atoms with E-state index in [1.807, 2.05) is 30.3 Å². The van der Waals surface area contributed by atoms with Crippen LogP contribution in [0.2, 0.25) is 0 Å². The highest BCUT2D eigenvalue weighted by Crippen LogP contribution is 2.17. The summed E-state index contributed by atoms with van der Waals surface area (Å²) >= 11 is 0. The Balaban J connectivity index is 2.02. The van der Waals surface area contributed by atoms with E-state index in [0.29, 0.717) is 29.7 Å². The molecule has 3 N–H and O–H groups in total. The molecular weight excluding hydrogens is 426 g/mol. The van der Waals surface area contributed by atoms with E-state index < -0.39 is 9.84 Å². The molecular formula is C23H29N5O3S. The lowest BCUT2D eigenvalue weighted by Crippen LogP contribution is -2.26. The van der Waals surface area contributed by atoms with Gasteiger partial charge in [0.25, 0.3) is 5.56 Å². The van der Waals surface area contributed by atoms with Crippen LogP contribution >= 0.6 is 0 Å². The summed E-state index contributed by atoms with van der Waals surface area (Å²) in [5.41, 5.74) is 8.05. The standard InChI is InChI=1S/C23H29N5O3S/c1-16(2)15-28-21(24)20(23(29)27(28)3)22(26-18-8-6-5-7-9-18)25-14-17-10-12-19(13-11-17)32(4,30)31/h5-13,16H,14-15,24H2,1-4H3,(H,25,26). The van der Waals surface area contributed by atoms with E-state index in [-0.39, 0.29) is 17.0 Å². The van der Waals surface area contributed by atoms with Gasteiger partial charge in [0.1, 0.15) is 17.2 Å². The number of anilines is 2. The number of para-hydroxylation sites is 1. The van der Waals surface area contributed by atoms with Gasteiger partial charge in [-0.15, -0.1) is 0 Å². The molecule has 0 amide bonds. The molecule has 0 aliphatic heterocycles. The van der Waals surface area contributed by atoms with Gasteiger partial charge in [0.2, 0.25) is 0 Å². The number of hydrogen-bond donors (Lipinski definition) is 2. The van der Waals surface area contributed by atoms with Crippen molar-refractivity contribution in [2.45, 2.75) is 31.8 Å². The maximum Gasteiger partial charge on any atom is 0.279 e. The topological polar surface area (TPSA) is 111 Å². The molecule has 0 saturated carbocycles. The van der Waals surface area contributed by atoms with E-state index in [1.165, 1.54) is 10.9 Å². The molecule has 1 aromatic heterocycles. The number of nitrogen functional groups attached to an aromatic ring is 1. The van der Waals surface area contributed by atoms with E-state index in [0.717, 1.165) is 11.3 Å². The second kappa shape index (κ2) is 9.44. The number of nitrogens with two attached hydrogens (primary N) is 1. The average molecular weight is 456 g/mol. The Morgan fingerprint density at radius 2 is 1.72 bits per heavy atom. The molecule has 170 valence electrons. The third kappa shape index (κ3) is 5.28. The van der Waals surface area contributed by atoms with Crippen LogP contribution in [0.15, 0.2) is 69.3 Å². The summed E-state index contributed by atoms with van der Waals surface area (Å²) in [4.78, 5) is 18.0. The van der Waals surface area contributed by atoms with Crippen molar-refractivity contribution in [2.75, 3.05) is 17.3 Å². The number of hydrogen-bond acceptors (Lipinski definition) is 5. The molecule has 0 bridgehead atoms. The minimum Gasteiger partial charge on any atom is -0.383 e. The second-order valence-corrected chi connectivity index (χ2v) is 10.2. The molecule has 32 heavy (non-hydrogen) atoms. The van der Waals surface area contributed by atoms with Crippen molar-refractivity contribution < 1.29 is 8.42 Å². The van der Waals surface area contributed by atoms with Crippen LogP contribution < -0.4 is 16.6 Å². The lowest BCUT2D eigenvalue weighted by atomic mass is 10.2. The van der Waals surface area contributed by atoms with Crippen molar-refractivity contribution >= 4 is 27.2 Å². The van der Waals surface area contributed by atoms with E-state index in [4.69, 9.17) is 5.73 Å². The lowest BCUT2D eigenvalue weighted by Gasteiger charge is -2.13. The van der Waals surface area contributed by atoms with Crippen molar-refractivity contribution in [3.05, 3.63) is 76.1 Å². The van der Waals surface area contributed by atoms with E-state index in [1.54, 1.807) is 36.0 Å². The van der Waals surface area contributed by atoms with Crippen molar-refractivity contribution in [3.8, 4) is 0 Å². The minimum atomic E-state index is -3.27. The Kier molecular flexibility index (Phi) is 6.88. The normalized spacial score (nSPS) is 12.3. The first kappa shape index (κ1) is 23.3. The van der Waals surface area contributed by atoms with Gasteiger partial charge in [-0.05, 0) is 35.7 Å². The first-order valence-corrected chi connectivity index (χ1v) is 12.2. The predicted octanol–water partition coefficient (Wildman–Crippen LogP) is 2.89. The van der Waals surface area contributed by atoms with Crippen LogP contribution in [0.25, 0.3) is 0 Å². The van der Waals surface area contributed by atoms with E-state index in [2.05, 4.69) is 24.2 Å². The number of nitrogens with zero attached hydrogens (tertiary/aromatic N) is 3. The van der Waals surface area contributed by atoms with Gasteiger partial charge >= 0.3 is 0 Å². The zero-order valence-electron chi connectivity index (χ0n) is 18.7. The summed E-state index contributed by atoms with van der Waals surface area (Å²) in [6, 6.07) is 16.0. The maximum atomic E-state index is 13.1. The van der Waals surface area contributed by atoms with Crippen LogP contribution in [0.5, 0.6) is 0 Å². The van der Waals surface area contributed by atoms with Crippen LogP contribution in [0.1, 0.15) is 25.0 Å². The van der Waals surface area contributed by atoms with Gasteiger partial charge in [-0.3, -0.25) is 19.2 Å². The number of aliphatic imine (C=N–C) groups is 1. The molecule has 3 rings (SSSR count). The Bertz CT molecular complexity index is 1270. The molecule has 0 fully saturated rings. The third-order valence-electron chi connectivity index (χ3n) is 4.99. The molecule has 1 heterocycles. The average Bonchev–Trinajstić information content (AvgIpc) is 2.94. The fourth-order valence-electron chi connectivity index (χ4n) is 3.31. The zero-order chi connectivity index (χ0) is 23.5. The van der Waals surface area contributed by atoms with Crippen LogP contribution in [0, 0.1) is 5.92 Å². The minimum absolute atomic E-state index is 0.238. The molecule has 0 spiro atoms. The highest BCUT2D eigenvalue weighted by molar-refractivity contribution is 7.90. The van der Waals surface area contributed by atoms with Crippen molar-refractivity contribution in [3.63, 3.8) is 0 Å². The largest absolute Gasteiger partial charge is 0.383 e. The Morgan fingerprint density at radius 1 is 1.09 bits per heavy atom. The number of benzene rings is 2. The van der Waals surface area contributed by atoms with E-state index >= 15 is 0 Å². The van der Waals surface area contributed by atoms with Crippen LogP contribution in [0.4, 0.5) is 11.5 Å². The predicted molar refractivity (Wildman–Crippen MR) is 129 cm³/mol. The van der Waals surface area contributed by atoms with Gasteiger partial charge in [-0.25, -0.2) is 8.42 Å². The maximum absolute atomic E-state index is 13.1. The summed E-state index contributed by atoms with van der Waals surface area (Å²) < 4.78 is 26.6. The quantitative estimate of drug-likeness (QED) is 0.420. The molecule has 2 aromatic carbocycles. The number of nitrogens with one attached hydrogen (secondary N) is 1. The number of amidine groups is 1. The summed E-state index contributed by atoms with van der Waals surface area (Å²) in [5.74, 6) is 1.02. The second-order valence-electron chi connectivity index (χ2n) is 8.14. The Hall–Kier alpha value is -3.33. The molecule has 0 aliphatic rings. The van der Waals surface area contributed by atoms with Gasteiger partial charge in [0.15, 0.2) is 9.84 Å². The molecule has 0 radical (unpaired) electrons. The summed E-state index contributed by atoms with van der Waals surface area (Å²) in [5, 5.41) is 3.22. The molecule has 0 aliphatic carbocycles. The number of rotatable bonds is 7. The molecule has 0 saturated heterocycles. The third-order valence-corrected chi connectivity index (χ3v) is 6.12. The SMILES string of the molecule is CC(C)Cn1c(N)c(C(=NCc2ccc(S(C)(=O)=O)cc2)Nc2ccccc2)c(=O)n1C. The molecule has 0 unspecified atom stereocenters. The van der Waals surface area contributed by atoms with Gasteiger partial charge in [-0.1, -0.05) is 44.2 Å². The van der Waals surface area contributed by atoms with Gasteiger partial charge in [0, 0.05) is 25.5 Å². The number of aromatic nitrogens is 2. The van der Waals surface area contributed by atoms with Crippen LogP contribution in [-0.4, -0.2) is 29.9 Å². The van der Waals surface area contributed by atoms with Crippen molar-refractivity contribution in [1.29, 1.82) is 0 Å². The monoisotopic (exact) mass is 455 g/mol. The summed E-state index contributed by atoms with van der Waals surface area (Å²) in [6.07, 6.45) is 1.17. The summed E-state index contributed by atoms with van der Waals surface area (Å²) in [7, 11) is -1.58. The Morgan fingerprint density at radius 3 is 2.28 bits per heavy atom. The number of sulfone groups is 1. The summed E-state index contributed by atoms with van der Waals surface area (Å²) in [6.45, 7) is 4.96. The highest BCUT2D eigenvalue weighted by Gasteiger charge is 2.21. The van der Waals surface area contributed by atoms with Crippen molar-refractivity contribution in [1.82, 2.24) is 9.36 Å². The lowest BCUT2D eigenvalue weighted by molar-refractivity contribution is 0.428. The van der Waals surface area contributed by atoms with Crippen molar-refractivity contribution in [2.24, 2.45) is 18.0 Å². The van der Waals surface area contributed by atoms with E-state index in [9.17, 15) is 13.2 Å². The van der Waals surface area contributed by atoms with Crippen LogP contribution in [0.3, 0.4) is 0 Å². The molecule has 8 nitrogen and oxygen atoms in total. The Labute approximate surface area is 188 Å². The first-order valence-electron chi connectivity index (χ1n) is 10.3. The van der Waals surface area contributed by atoms with Crippen LogP contribution in [-0.2, 0) is 30.0 Å². The smallest absolute Gasteiger partial charge is 0.279 e. The fraction of sp³-hybridized carbons (Fsp3) is 0.304. The molecule has 0 atom stereocenters.